The van der Waals surface area contributed by atoms with Gasteiger partial charge < -0.3 is 0 Å². The molecule has 0 atom stereocenters. The summed E-state index contributed by atoms with van der Waals surface area (Å²) in [6.45, 7) is 4.59. The van der Waals surface area contributed by atoms with Crippen LogP contribution in [0.3, 0.4) is 0 Å². The molecule has 0 unspecified atom stereocenters. The molecule has 0 nitrogen and oxygen atoms in total. The Morgan fingerprint density at radius 1 is 1.18 bits per heavy atom. The van der Waals surface area contributed by atoms with Crippen LogP contribution >= 0.6 is 0 Å². The first kappa shape index (κ1) is 8.46. The molecule has 0 aromatic heterocycles. The zero-order valence-electron chi connectivity index (χ0n) is 6.97. The molecule has 0 saturated carbocycles. The van der Waals surface area contributed by atoms with Gasteiger partial charge in [0.15, 0.2) is 0 Å². The zero-order chi connectivity index (χ0) is 8.27. The van der Waals surface area contributed by atoms with Crippen molar-refractivity contribution in [2.24, 2.45) is 0 Å². The highest BCUT2D eigenvalue weighted by atomic mass is 28.3. The molecular weight excluding hydrogens is 155 g/mol. The second kappa shape index (κ2) is 3.67. The number of halogens is 1. The first-order valence-electron chi connectivity index (χ1n) is 3.93. The van der Waals surface area contributed by atoms with Crippen molar-refractivity contribution in [3.05, 3.63) is 35.6 Å². The summed E-state index contributed by atoms with van der Waals surface area (Å²) in [6.07, 6.45) is 0. The molecule has 11 heavy (non-hydrogen) atoms. The van der Waals surface area contributed by atoms with Crippen LogP contribution in [0, 0.1) is 5.82 Å². The second-order valence-electron chi connectivity index (χ2n) is 3.22. The third kappa shape index (κ3) is 2.85. The fourth-order valence-corrected chi connectivity index (χ4v) is 2.31. The SMILES string of the molecule is C[SiH](C)Cc1ccc(F)cc1. The highest BCUT2D eigenvalue weighted by Crippen LogP contribution is 2.04. The van der Waals surface area contributed by atoms with E-state index in [0.29, 0.717) is 0 Å². The minimum atomic E-state index is -0.535. The highest BCUT2D eigenvalue weighted by molar-refractivity contribution is 6.55. The first-order valence-corrected chi connectivity index (χ1v) is 7.05. The minimum absolute atomic E-state index is 0.140. The first-order chi connectivity index (χ1) is 5.18. The van der Waals surface area contributed by atoms with Crippen LogP contribution in [0.1, 0.15) is 5.56 Å². The van der Waals surface area contributed by atoms with Gasteiger partial charge in [0.1, 0.15) is 5.82 Å². The average Bonchev–Trinajstić information content (AvgIpc) is 1.93. The van der Waals surface area contributed by atoms with Gasteiger partial charge in [0.05, 0.1) is 0 Å². The lowest BCUT2D eigenvalue weighted by Gasteiger charge is -2.01. The van der Waals surface area contributed by atoms with Crippen molar-refractivity contribution in [2.75, 3.05) is 0 Å². The fraction of sp³-hybridized carbons (Fsp3) is 0.333. The summed E-state index contributed by atoms with van der Waals surface area (Å²) in [5.41, 5.74) is 1.27. The Labute approximate surface area is 68.7 Å². The average molecular weight is 168 g/mol. The van der Waals surface area contributed by atoms with Gasteiger partial charge in [-0.15, -0.1) is 0 Å². The summed E-state index contributed by atoms with van der Waals surface area (Å²) in [5.74, 6) is -0.140. The van der Waals surface area contributed by atoms with Crippen LogP contribution in [0.15, 0.2) is 24.3 Å². The van der Waals surface area contributed by atoms with E-state index in [0.717, 1.165) is 0 Å². The Hall–Kier alpha value is -0.633. The maximum Gasteiger partial charge on any atom is 0.123 e. The Bertz CT molecular complexity index is 216. The lowest BCUT2D eigenvalue weighted by Crippen LogP contribution is -2.04. The van der Waals surface area contributed by atoms with Gasteiger partial charge in [0.2, 0.25) is 0 Å². The summed E-state index contributed by atoms with van der Waals surface area (Å²) >= 11 is 0. The Balaban J connectivity index is 2.66. The predicted molar refractivity (Wildman–Crippen MR) is 49.0 cm³/mol. The molecule has 0 N–H and O–H groups in total. The number of benzene rings is 1. The van der Waals surface area contributed by atoms with Gasteiger partial charge in [-0.2, -0.15) is 0 Å². The molecule has 0 saturated heterocycles. The molecule has 0 amide bonds. The van der Waals surface area contributed by atoms with Crippen molar-refractivity contribution in [1.82, 2.24) is 0 Å². The molecule has 0 radical (unpaired) electrons. The lowest BCUT2D eigenvalue weighted by molar-refractivity contribution is 0.627. The van der Waals surface area contributed by atoms with Crippen molar-refractivity contribution in [2.45, 2.75) is 19.1 Å². The smallest absolute Gasteiger partial charge is 0.123 e. The molecule has 0 heterocycles. The topological polar surface area (TPSA) is 0 Å². The van der Waals surface area contributed by atoms with E-state index >= 15 is 0 Å². The number of hydrogen-bond acceptors (Lipinski definition) is 0. The molecule has 1 aromatic rings. The Morgan fingerprint density at radius 2 is 1.73 bits per heavy atom. The second-order valence-corrected chi connectivity index (χ2v) is 6.42. The summed E-state index contributed by atoms with van der Waals surface area (Å²) in [4.78, 5) is 0. The zero-order valence-corrected chi connectivity index (χ0v) is 8.13. The van der Waals surface area contributed by atoms with Gasteiger partial charge in [0.25, 0.3) is 0 Å². The van der Waals surface area contributed by atoms with E-state index in [4.69, 9.17) is 0 Å². The third-order valence-electron chi connectivity index (χ3n) is 1.56. The summed E-state index contributed by atoms with van der Waals surface area (Å²) in [6, 6.07) is 7.99. The van der Waals surface area contributed by atoms with Crippen molar-refractivity contribution in [1.29, 1.82) is 0 Å². The van der Waals surface area contributed by atoms with Crippen molar-refractivity contribution >= 4 is 8.80 Å². The van der Waals surface area contributed by atoms with Gasteiger partial charge in [-0.05, 0) is 18.2 Å². The van der Waals surface area contributed by atoms with Crippen LogP contribution in [0.2, 0.25) is 13.1 Å². The Kier molecular flexibility index (Phi) is 2.82. The van der Waals surface area contributed by atoms with Crippen LogP contribution in [-0.2, 0) is 6.04 Å². The Morgan fingerprint density at radius 3 is 2.18 bits per heavy atom. The van der Waals surface area contributed by atoms with E-state index in [-0.39, 0.29) is 5.82 Å². The molecule has 0 fully saturated rings. The van der Waals surface area contributed by atoms with Gasteiger partial charge >= 0.3 is 0 Å². The van der Waals surface area contributed by atoms with E-state index < -0.39 is 8.80 Å². The molecule has 60 valence electrons. The molecule has 0 aliphatic carbocycles. The van der Waals surface area contributed by atoms with Gasteiger partial charge in [0, 0.05) is 8.80 Å². The molecule has 0 bridgehead atoms. The molecule has 0 aliphatic rings. The minimum Gasteiger partial charge on any atom is -0.207 e. The maximum atomic E-state index is 12.4. The van der Waals surface area contributed by atoms with Crippen molar-refractivity contribution < 1.29 is 4.39 Å². The predicted octanol–water partition coefficient (Wildman–Crippen LogP) is 2.39. The fourth-order valence-electron chi connectivity index (χ4n) is 1.09. The quantitative estimate of drug-likeness (QED) is 0.595. The van der Waals surface area contributed by atoms with Crippen LogP contribution in [0.25, 0.3) is 0 Å². The van der Waals surface area contributed by atoms with Crippen LogP contribution in [-0.4, -0.2) is 8.80 Å². The number of rotatable bonds is 2. The van der Waals surface area contributed by atoms with Crippen molar-refractivity contribution in [3.8, 4) is 0 Å². The molecule has 1 rings (SSSR count). The highest BCUT2D eigenvalue weighted by Gasteiger charge is 1.97. The molecule has 0 aliphatic heterocycles. The van der Waals surface area contributed by atoms with E-state index in [2.05, 4.69) is 13.1 Å². The van der Waals surface area contributed by atoms with Crippen molar-refractivity contribution in [3.63, 3.8) is 0 Å². The molecule has 1 aromatic carbocycles. The maximum absolute atomic E-state index is 12.4. The third-order valence-corrected chi connectivity index (χ3v) is 2.85. The molecule has 0 spiro atoms. The van der Waals surface area contributed by atoms with E-state index in [1.54, 1.807) is 0 Å². The van der Waals surface area contributed by atoms with Crippen LogP contribution < -0.4 is 0 Å². The molecular formula is C9H13FSi. The number of hydrogen-bond donors (Lipinski definition) is 0. The summed E-state index contributed by atoms with van der Waals surface area (Å²) < 4.78 is 12.4. The van der Waals surface area contributed by atoms with Gasteiger partial charge in [-0.25, -0.2) is 4.39 Å². The van der Waals surface area contributed by atoms with E-state index in [9.17, 15) is 4.39 Å². The summed E-state index contributed by atoms with van der Waals surface area (Å²) in [5, 5.41) is 0. The normalized spacial score (nSPS) is 10.5. The van der Waals surface area contributed by atoms with E-state index in [1.807, 2.05) is 12.1 Å². The molecule has 2 heteroatoms. The van der Waals surface area contributed by atoms with Crippen LogP contribution in [0.5, 0.6) is 0 Å². The lowest BCUT2D eigenvalue weighted by atomic mass is 10.2. The van der Waals surface area contributed by atoms with Gasteiger partial charge in [-0.3, -0.25) is 0 Å². The summed E-state index contributed by atoms with van der Waals surface area (Å²) in [7, 11) is -0.535. The largest absolute Gasteiger partial charge is 0.207 e. The standard InChI is InChI=1S/C9H13FSi/c1-11(2)7-8-3-5-9(10)6-4-8/h3-6,11H,7H2,1-2H3. The van der Waals surface area contributed by atoms with E-state index in [1.165, 1.54) is 23.7 Å². The monoisotopic (exact) mass is 168 g/mol. The van der Waals surface area contributed by atoms with Gasteiger partial charge in [-0.1, -0.05) is 30.8 Å². The van der Waals surface area contributed by atoms with Crippen LogP contribution in [0.4, 0.5) is 4.39 Å².